The van der Waals surface area contributed by atoms with Crippen LogP contribution in [0.5, 0.6) is 0 Å². The highest BCUT2D eigenvalue weighted by atomic mass is 16.2. The van der Waals surface area contributed by atoms with E-state index in [1.807, 2.05) is 0 Å². The molecule has 86 valence electrons. The van der Waals surface area contributed by atoms with E-state index >= 15 is 0 Å². The maximum Gasteiger partial charge on any atom is 0.248 e. The van der Waals surface area contributed by atoms with Gasteiger partial charge < -0.3 is 5.32 Å². The second-order valence-electron chi connectivity index (χ2n) is 5.88. The second-order valence-corrected chi connectivity index (χ2v) is 5.88. The molecular formula is C12H17N3O. The van der Waals surface area contributed by atoms with Crippen LogP contribution in [0.25, 0.3) is 0 Å². The van der Waals surface area contributed by atoms with Crippen molar-refractivity contribution in [2.75, 3.05) is 6.54 Å². The number of amides is 1. The normalized spacial score (nSPS) is 48.4. The molecule has 2 N–H and O–H groups in total. The fraction of sp³-hybridized carbons (Fsp3) is 0.833. The zero-order valence-corrected chi connectivity index (χ0v) is 9.28. The van der Waals surface area contributed by atoms with Gasteiger partial charge in [0.25, 0.3) is 0 Å². The van der Waals surface area contributed by atoms with Gasteiger partial charge in [0.15, 0.2) is 5.96 Å². The molecule has 0 radical (unpaired) electrons. The number of rotatable bonds is 1. The largest absolute Gasteiger partial charge is 0.353 e. The third-order valence-electron chi connectivity index (χ3n) is 5.00. The van der Waals surface area contributed by atoms with Gasteiger partial charge in [0, 0.05) is 6.04 Å². The van der Waals surface area contributed by atoms with Crippen molar-refractivity contribution in [1.29, 1.82) is 0 Å². The Morgan fingerprint density at radius 3 is 2.81 bits per heavy atom. The van der Waals surface area contributed by atoms with Crippen molar-refractivity contribution in [3.63, 3.8) is 0 Å². The van der Waals surface area contributed by atoms with Crippen molar-refractivity contribution >= 4 is 11.9 Å². The Morgan fingerprint density at radius 1 is 1.19 bits per heavy atom. The molecule has 1 aliphatic heterocycles. The van der Waals surface area contributed by atoms with Gasteiger partial charge in [-0.05, 0) is 49.4 Å². The summed E-state index contributed by atoms with van der Waals surface area (Å²) in [6.45, 7) is 0.302. The SMILES string of the molecule is O=C1CN=C(NC2C3CC4CC(C3)C2C4)N1. The van der Waals surface area contributed by atoms with Gasteiger partial charge in [0.2, 0.25) is 5.91 Å². The van der Waals surface area contributed by atoms with Gasteiger partial charge in [-0.15, -0.1) is 0 Å². The first-order valence-corrected chi connectivity index (χ1v) is 6.40. The average molecular weight is 219 g/mol. The van der Waals surface area contributed by atoms with Gasteiger partial charge in [0.1, 0.15) is 6.54 Å². The molecule has 1 heterocycles. The topological polar surface area (TPSA) is 53.5 Å². The van der Waals surface area contributed by atoms with Crippen LogP contribution in [0.3, 0.4) is 0 Å². The van der Waals surface area contributed by atoms with Crippen LogP contribution in [0, 0.1) is 23.7 Å². The summed E-state index contributed by atoms with van der Waals surface area (Å²) in [6, 6.07) is 0.584. The summed E-state index contributed by atoms with van der Waals surface area (Å²) in [5.74, 6) is 4.40. The first kappa shape index (κ1) is 9.02. The first-order chi connectivity index (χ1) is 7.79. The van der Waals surface area contributed by atoms with E-state index in [0.717, 1.165) is 29.6 Å². The van der Waals surface area contributed by atoms with Crippen molar-refractivity contribution in [3.05, 3.63) is 0 Å². The number of carbonyl (C=O) groups excluding carboxylic acids is 1. The molecule has 0 aromatic rings. The Labute approximate surface area is 94.9 Å². The van der Waals surface area contributed by atoms with Crippen LogP contribution < -0.4 is 10.6 Å². The predicted octanol–water partition coefficient (Wildman–Crippen LogP) is 0.496. The monoisotopic (exact) mass is 219 g/mol. The summed E-state index contributed by atoms with van der Waals surface area (Å²) in [5.41, 5.74) is 0. The highest BCUT2D eigenvalue weighted by molar-refractivity contribution is 6.02. The number of hydrogen-bond acceptors (Lipinski definition) is 3. The molecule has 0 aromatic carbocycles. The van der Waals surface area contributed by atoms with Crippen LogP contribution in [-0.4, -0.2) is 24.5 Å². The average Bonchev–Trinajstić information content (AvgIpc) is 2.85. The van der Waals surface area contributed by atoms with E-state index in [1.165, 1.54) is 25.7 Å². The van der Waals surface area contributed by atoms with Crippen LogP contribution in [0.15, 0.2) is 4.99 Å². The van der Waals surface area contributed by atoms with Crippen LogP contribution >= 0.6 is 0 Å². The standard InChI is InChI=1S/C12H17N3O/c16-10-5-13-12(14-10)15-11-8-2-6-1-7(4-8)9(11)3-6/h6-9,11H,1-5H2,(H2,13,14,15,16). The summed E-state index contributed by atoms with van der Waals surface area (Å²) in [6.07, 6.45) is 5.66. The van der Waals surface area contributed by atoms with Gasteiger partial charge in [-0.25, -0.2) is 4.99 Å². The van der Waals surface area contributed by atoms with Crippen molar-refractivity contribution in [2.24, 2.45) is 28.7 Å². The predicted molar refractivity (Wildman–Crippen MR) is 59.8 cm³/mol. The second kappa shape index (κ2) is 2.99. The summed E-state index contributed by atoms with van der Waals surface area (Å²) >= 11 is 0. The zero-order valence-electron chi connectivity index (χ0n) is 9.28. The van der Waals surface area contributed by atoms with Gasteiger partial charge >= 0.3 is 0 Å². The molecule has 4 fully saturated rings. The molecule has 4 aliphatic carbocycles. The molecule has 5 unspecified atom stereocenters. The smallest absolute Gasteiger partial charge is 0.248 e. The van der Waals surface area contributed by atoms with Crippen molar-refractivity contribution < 1.29 is 4.79 Å². The number of aliphatic imine (C=N–C) groups is 1. The Kier molecular flexibility index (Phi) is 1.69. The molecule has 5 atom stereocenters. The van der Waals surface area contributed by atoms with Crippen LogP contribution in [0.2, 0.25) is 0 Å². The third kappa shape index (κ3) is 1.16. The fourth-order valence-electron chi connectivity index (χ4n) is 4.56. The highest BCUT2D eigenvalue weighted by Gasteiger charge is 2.54. The lowest BCUT2D eigenvalue weighted by atomic mass is 9.79. The summed E-state index contributed by atoms with van der Waals surface area (Å²) in [4.78, 5) is 15.3. The number of hydrogen-bond donors (Lipinski definition) is 2. The third-order valence-corrected chi connectivity index (χ3v) is 5.00. The Bertz CT molecular complexity index is 374. The lowest BCUT2D eigenvalue weighted by Crippen LogP contribution is -2.48. The zero-order chi connectivity index (χ0) is 10.7. The summed E-state index contributed by atoms with van der Waals surface area (Å²) in [7, 11) is 0. The Balaban J connectivity index is 1.51. The summed E-state index contributed by atoms with van der Waals surface area (Å²) in [5, 5.41) is 6.28. The van der Waals surface area contributed by atoms with E-state index in [-0.39, 0.29) is 5.91 Å². The van der Waals surface area contributed by atoms with Gasteiger partial charge in [-0.3, -0.25) is 10.1 Å². The molecule has 16 heavy (non-hydrogen) atoms. The Morgan fingerprint density at radius 2 is 2.06 bits per heavy atom. The first-order valence-electron chi connectivity index (χ1n) is 6.40. The molecule has 4 nitrogen and oxygen atoms in total. The van der Waals surface area contributed by atoms with Crippen LogP contribution in [0.1, 0.15) is 25.7 Å². The molecule has 4 heteroatoms. The summed E-state index contributed by atoms with van der Waals surface area (Å²) < 4.78 is 0. The molecule has 0 aromatic heterocycles. The number of guanidine groups is 1. The quantitative estimate of drug-likeness (QED) is 0.674. The molecule has 0 spiro atoms. The van der Waals surface area contributed by atoms with Crippen LogP contribution in [0.4, 0.5) is 0 Å². The fourth-order valence-corrected chi connectivity index (χ4v) is 4.56. The van der Waals surface area contributed by atoms with E-state index in [1.54, 1.807) is 0 Å². The highest BCUT2D eigenvalue weighted by Crippen LogP contribution is 2.57. The number of carbonyl (C=O) groups is 1. The maximum atomic E-state index is 11.1. The van der Waals surface area contributed by atoms with E-state index < -0.39 is 0 Å². The minimum absolute atomic E-state index is 0.0231. The van der Waals surface area contributed by atoms with Crippen molar-refractivity contribution in [2.45, 2.75) is 31.7 Å². The Hall–Kier alpha value is -1.06. The minimum atomic E-state index is 0.0231. The van der Waals surface area contributed by atoms with E-state index in [4.69, 9.17) is 0 Å². The molecule has 4 saturated carbocycles. The van der Waals surface area contributed by atoms with E-state index in [0.29, 0.717) is 12.6 Å². The van der Waals surface area contributed by atoms with Gasteiger partial charge in [-0.1, -0.05) is 0 Å². The van der Waals surface area contributed by atoms with Gasteiger partial charge in [0.05, 0.1) is 0 Å². The van der Waals surface area contributed by atoms with E-state index in [2.05, 4.69) is 15.6 Å². The molecule has 5 rings (SSSR count). The molecular weight excluding hydrogens is 202 g/mol. The molecule has 1 amide bonds. The number of nitrogens with one attached hydrogen (secondary N) is 2. The lowest BCUT2D eigenvalue weighted by molar-refractivity contribution is -0.117. The molecule has 5 aliphatic rings. The van der Waals surface area contributed by atoms with E-state index in [9.17, 15) is 4.79 Å². The molecule has 0 saturated heterocycles. The van der Waals surface area contributed by atoms with Crippen LogP contribution in [-0.2, 0) is 4.79 Å². The van der Waals surface area contributed by atoms with Crippen molar-refractivity contribution in [3.8, 4) is 0 Å². The van der Waals surface area contributed by atoms with Gasteiger partial charge in [-0.2, -0.15) is 0 Å². The van der Waals surface area contributed by atoms with Crippen molar-refractivity contribution in [1.82, 2.24) is 10.6 Å². The minimum Gasteiger partial charge on any atom is -0.353 e. The lowest BCUT2D eigenvalue weighted by Gasteiger charge is -2.33. The number of nitrogens with zero attached hydrogens (tertiary/aromatic N) is 1. The maximum absolute atomic E-state index is 11.1. The molecule has 4 bridgehead atoms.